The van der Waals surface area contributed by atoms with E-state index in [0.717, 1.165) is 0 Å². The van der Waals surface area contributed by atoms with Crippen molar-refractivity contribution in [3.63, 3.8) is 0 Å². The summed E-state index contributed by atoms with van der Waals surface area (Å²) in [5.41, 5.74) is 1.24. The minimum Gasteiger partial charge on any atom is -0.0991 e. The van der Waals surface area contributed by atoms with E-state index in [9.17, 15) is 0 Å². The van der Waals surface area contributed by atoms with E-state index in [1.807, 2.05) is 45.9 Å². The molecule has 1 rings (SSSR count). The van der Waals surface area contributed by atoms with Gasteiger partial charge in [0.05, 0.1) is 0 Å². The minimum absolute atomic E-state index is 1.24. The molecule has 0 aliphatic heterocycles. The molecule has 0 saturated heterocycles. The van der Waals surface area contributed by atoms with Crippen molar-refractivity contribution < 1.29 is 0 Å². The molecule has 0 unspecified atom stereocenters. The highest BCUT2D eigenvalue weighted by Gasteiger charge is 1.95. The second-order valence-corrected chi connectivity index (χ2v) is 2.71. The summed E-state index contributed by atoms with van der Waals surface area (Å²) < 4.78 is 0. The second-order valence-electron chi connectivity index (χ2n) is 2.71. The molecule has 1 saturated carbocycles. The van der Waals surface area contributed by atoms with Crippen LogP contribution in [0.15, 0.2) is 36.5 Å². The van der Waals surface area contributed by atoms with Crippen molar-refractivity contribution in [3.8, 4) is 0 Å². The molecule has 0 aromatic rings. The van der Waals surface area contributed by atoms with Gasteiger partial charge in [-0.2, -0.15) is 0 Å². The molecule has 0 heteroatoms. The van der Waals surface area contributed by atoms with Gasteiger partial charge in [0.1, 0.15) is 0 Å². The normalized spacial score (nSPS) is 13.7. The summed E-state index contributed by atoms with van der Waals surface area (Å²) >= 11 is 0. The lowest BCUT2D eigenvalue weighted by Gasteiger charge is -1.82. The molecule has 0 heterocycles. The van der Waals surface area contributed by atoms with Crippen LogP contribution in [-0.4, -0.2) is 0 Å². The molecule has 1 aliphatic carbocycles. The van der Waals surface area contributed by atoms with Crippen molar-refractivity contribution in [2.45, 2.75) is 47.0 Å². The van der Waals surface area contributed by atoms with Crippen LogP contribution in [0.3, 0.4) is 0 Å². The Morgan fingerprint density at radius 2 is 1.62 bits per heavy atom. The lowest BCUT2D eigenvalue weighted by molar-refractivity contribution is 1.50. The van der Waals surface area contributed by atoms with E-state index in [0.29, 0.717) is 0 Å². The maximum Gasteiger partial charge on any atom is -0.0398 e. The maximum absolute atomic E-state index is 3.57. The third-order valence-corrected chi connectivity index (χ3v) is 1.16. The highest BCUT2D eigenvalue weighted by molar-refractivity contribution is 5.19. The number of rotatable bonds is 2. The van der Waals surface area contributed by atoms with Crippen molar-refractivity contribution in [2.75, 3.05) is 0 Å². The summed E-state index contributed by atoms with van der Waals surface area (Å²) in [4.78, 5) is 0. The minimum atomic E-state index is 1.24. The zero-order valence-electron chi connectivity index (χ0n) is 9.64. The monoisotopic (exact) mass is 180 g/mol. The first-order chi connectivity index (χ1) is 6.31. The fourth-order valence-corrected chi connectivity index (χ4v) is 0.504. The van der Waals surface area contributed by atoms with Gasteiger partial charge in [-0.1, -0.05) is 69.6 Å². The van der Waals surface area contributed by atoms with Crippen LogP contribution in [0.4, 0.5) is 0 Å². The summed E-state index contributed by atoms with van der Waals surface area (Å²) in [6, 6.07) is 0. The SMILES string of the molecule is C1CC1.C=C/C=C(C)\C=C/C.CC. The molecule has 0 amide bonds. The molecule has 1 fully saturated rings. The largest absolute Gasteiger partial charge is 0.0991 e. The summed E-state index contributed by atoms with van der Waals surface area (Å²) in [6.07, 6.45) is 12.3. The molecule has 0 nitrogen and oxygen atoms in total. The maximum atomic E-state index is 3.57. The van der Waals surface area contributed by atoms with Gasteiger partial charge in [0, 0.05) is 0 Å². The van der Waals surface area contributed by atoms with Crippen LogP contribution in [0, 0.1) is 0 Å². The van der Waals surface area contributed by atoms with Crippen molar-refractivity contribution in [1.82, 2.24) is 0 Å². The van der Waals surface area contributed by atoms with Crippen molar-refractivity contribution in [2.24, 2.45) is 0 Å². The molecule has 0 N–H and O–H groups in total. The highest BCUT2D eigenvalue weighted by Crippen LogP contribution is 2.14. The Kier molecular flexibility index (Phi) is 15.6. The van der Waals surface area contributed by atoms with Crippen molar-refractivity contribution in [3.05, 3.63) is 36.5 Å². The smallest absolute Gasteiger partial charge is 0.0398 e. The lowest BCUT2D eigenvalue weighted by Crippen LogP contribution is -1.61. The Hall–Kier alpha value is -0.780. The Morgan fingerprint density at radius 3 is 1.85 bits per heavy atom. The third-order valence-electron chi connectivity index (χ3n) is 1.16. The average molecular weight is 180 g/mol. The molecule has 0 aromatic heterocycles. The van der Waals surface area contributed by atoms with Gasteiger partial charge in [0.2, 0.25) is 0 Å². The van der Waals surface area contributed by atoms with E-state index < -0.39 is 0 Å². The van der Waals surface area contributed by atoms with Gasteiger partial charge in [-0.15, -0.1) is 0 Å². The van der Waals surface area contributed by atoms with Gasteiger partial charge in [0.25, 0.3) is 0 Å². The summed E-state index contributed by atoms with van der Waals surface area (Å²) in [7, 11) is 0. The van der Waals surface area contributed by atoms with Crippen LogP contribution < -0.4 is 0 Å². The van der Waals surface area contributed by atoms with Gasteiger partial charge >= 0.3 is 0 Å². The molecule has 76 valence electrons. The first-order valence-electron chi connectivity index (χ1n) is 5.23. The Labute approximate surface area is 84.1 Å². The number of allylic oxidation sites excluding steroid dienone is 5. The van der Waals surface area contributed by atoms with Crippen LogP contribution in [0.5, 0.6) is 0 Å². The van der Waals surface area contributed by atoms with Crippen molar-refractivity contribution >= 4 is 0 Å². The van der Waals surface area contributed by atoms with E-state index >= 15 is 0 Å². The highest BCUT2D eigenvalue weighted by atomic mass is 14.0. The molecular weight excluding hydrogens is 156 g/mol. The van der Waals surface area contributed by atoms with Crippen LogP contribution in [0.2, 0.25) is 0 Å². The van der Waals surface area contributed by atoms with Gasteiger partial charge < -0.3 is 0 Å². The number of hydrogen-bond acceptors (Lipinski definition) is 0. The van der Waals surface area contributed by atoms with Crippen LogP contribution in [0.1, 0.15) is 47.0 Å². The molecule has 0 aromatic carbocycles. The van der Waals surface area contributed by atoms with Crippen molar-refractivity contribution in [1.29, 1.82) is 0 Å². The van der Waals surface area contributed by atoms with E-state index in [1.165, 1.54) is 24.8 Å². The van der Waals surface area contributed by atoms with E-state index in [-0.39, 0.29) is 0 Å². The van der Waals surface area contributed by atoms with Gasteiger partial charge in [-0.05, 0) is 13.8 Å². The predicted molar refractivity (Wildman–Crippen MR) is 64.0 cm³/mol. The molecule has 0 atom stereocenters. The molecule has 0 spiro atoms. The summed E-state index contributed by atoms with van der Waals surface area (Å²) in [6.45, 7) is 11.6. The van der Waals surface area contributed by atoms with E-state index in [2.05, 4.69) is 6.58 Å². The predicted octanol–water partition coefficient (Wildman–Crippen LogP) is 4.89. The summed E-state index contributed by atoms with van der Waals surface area (Å²) in [5, 5.41) is 0. The van der Waals surface area contributed by atoms with E-state index in [1.54, 1.807) is 6.08 Å². The Bertz CT molecular complexity index is 145. The molecule has 13 heavy (non-hydrogen) atoms. The zero-order valence-corrected chi connectivity index (χ0v) is 9.64. The first-order valence-corrected chi connectivity index (χ1v) is 5.23. The van der Waals surface area contributed by atoms with Gasteiger partial charge in [-0.3, -0.25) is 0 Å². The van der Waals surface area contributed by atoms with Crippen LogP contribution in [-0.2, 0) is 0 Å². The molecule has 0 radical (unpaired) electrons. The fraction of sp³-hybridized carbons (Fsp3) is 0.538. The zero-order chi connectivity index (χ0) is 10.5. The number of hydrogen-bond donors (Lipinski definition) is 0. The average Bonchev–Trinajstić information content (AvgIpc) is 2.95. The molecule has 1 aliphatic rings. The fourth-order valence-electron chi connectivity index (χ4n) is 0.504. The standard InChI is InChI=1S/C8H12.C3H6.C2H6/c1-4-6-8(3)7-5-2;1-2-3-1;1-2/h4-7H,1H2,2-3H3;1-3H2;1-2H3/b7-5-,8-6-;;. The van der Waals surface area contributed by atoms with Gasteiger partial charge in [-0.25, -0.2) is 0 Å². The van der Waals surface area contributed by atoms with Gasteiger partial charge in [0.15, 0.2) is 0 Å². The van der Waals surface area contributed by atoms with Crippen LogP contribution >= 0.6 is 0 Å². The first kappa shape index (κ1) is 14.7. The van der Waals surface area contributed by atoms with Crippen LogP contribution in [0.25, 0.3) is 0 Å². The second kappa shape index (κ2) is 13.8. The third kappa shape index (κ3) is 24.7. The topological polar surface area (TPSA) is 0 Å². The Morgan fingerprint density at radius 1 is 1.15 bits per heavy atom. The quantitative estimate of drug-likeness (QED) is 0.531. The molecule has 0 bridgehead atoms. The van der Waals surface area contributed by atoms with E-state index in [4.69, 9.17) is 0 Å². The Balaban J connectivity index is 0. The lowest BCUT2D eigenvalue weighted by atomic mass is 10.2. The molecular formula is C13H24. The summed E-state index contributed by atoms with van der Waals surface area (Å²) in [5.74, 6) is 0.